The number of nitrogens with one attached hydrogen (secondary N) is 1. The summed E-state index contributed by atoms with van der Waals surface area (Å²) < 4.78 is 37.3. The number of benzene rings is 2. The largest absolute Gasteiger partial charge is 0.493 e. The Balaban J connectivity index is 2.06. The maximum Gasteiger partial charge on any atom is 0.240 e. The maximum atomic E-state index is 12.2. The lowest BCUT2D eigenvalue weighted by atomic mass is 10.1. The van der Waals surface area contributed by atoms with Crippen LogP contribution in [0.5, 0.6) is 11.5 Å². The Morgan fingerprint density at radius 1 is 1.12 bits per heavy atom. The van der Waals surface area contributed by atoms with Crippen molar-refractivity contribution < 1.29 is 17.9 Å². The molecule has 0 fully saturated rings. The molecule has 0 atom stereocenters. The van der Waals surface area contributed by atoms with Crippen LogP contribution in [0.4, 0.5) is 5.69 Å². The summed E-state index contributed by atoms with van der Waals surface area (Å²) >= 11 is 6.14. The van der Waals surface area contributed by atoms with Crippen molar-refractivity contribution in [3.63, 3.8) is 0 Å². The lowest BCUT2D eigenvalue weighted by Crippen LogP contribution is -2.26. The van der Waals surface area contributed by atoms with E-state index in [2.05, 4.69) is 4.72 Å². The molecule has 0 aromatic heterocycles. The van der Waals surface area contributed by atoms with Gasteiger partial charge in [-0.15, -0.1) is 0 Å². The first-order valence-electron chi connectivity index (χ1n) is 7.13. The number of sulfonamides is 1. The van der Waals surface area contributed by atoms with Gasteiger partial charge in [0.05, 0.1) is 24.1 Å². The molecule has 2 aromatic rings. The van der Waals surface area contributed by atoms with Crippen molar-refractivity contribution in [3.8, 4) is 11.5 Å². The van der Waals surface area contributed by atoms with Crippen LogP contribution in [0.1, 0.15) is 5.56 Å². The lowest BCUT2D eigenvalue weighted by molar-refractivity contribution is 0.354. The van der Waals surface area contributed by atoms with Crippen molar-refractivity contribution in [1.82, 2.24) is 4.72 Å². The second kappa shape index (κ2) is 7.74. The van der Waals surface area contributed by atoms with Gasteiger partial charge >= 0.3 is 0 Å². The number of nitrogen functional groups attached to an aromatic ring is 1. The molecular formula is C16H19ClN2O4S. The standard InChI is InChI=1S/C16H19ClN2O4S/c1-22-15-10-11(9-14(17)16(15)23-2)7-8-19-24(20,21)13-5-3-12(18)4-6-13/h3-6,9-10,19H,7-8,18H2,1-2H3. The molecule has 0 amide bonds. The minimum Gasteiger partial charge on any atom is -0.493 e. The molecule has 2 rings (SSSR count). The predicted molar refractivity (Wildman–Crippen MR) is 94.3 cm³/mol. The van der Waals surface area contributed by atoms with E-state index >= 15 is 0 Å². The molecule has 0 saturated carbocycles. The van der Waals surface area contributed by atoms with E-state index in [1.165, 1.54) is 26.4 Å². The summed E-state index contributed by atoms with van der Waals surface area (Å²) in [6.45, 7) is 0.221. The van der Waals surface area contributed by atoms with Gasteiger partial charge in [-0.2, -0.15) is 0 Å². The van der Waals surface area contributed by atoms with E-state index in [0.29, 0.717) is 28.6 Å². The molecule has 2 aromatic carbocycles. The van der Waals surface area contributed by atoms with Crippen LogP contribution < -0.4 is 19.9 Å². The third-order valence-electron chi connectivity index (χ3n) is 3.39. The van der Waals surface area contributed by atoms with Crippen molar-refractivity contribution in [2.45, 2.75) is 11.3 Å². The molecule has 0 heterocycles. The van der Waals surface area contributed by atoms with E-state index in [9.17, 15) is 8.42 Å². The third-order valence-corrected chi connectivity index (χ3v) is 5.15. The molecular weight excluding hydrogens is 352 g/mol. The number of ether oxygens (including phenoxy) is 2. The second-order valence-corrected chi connectivity index (χ2v) is 7.20. The Hall–Kier alpha value is -1.96. The van der Waals surface area contributed by atoms with Crippen molar-refractivity contribution in [1.29, 1.82) is 0 Å². The topological polar surface area (TPSA) is 90.7 Å². The summed E-state index contributed by atoms with van der Waals surface area (Å²) in [5.41, 5.74) is 6.90. The van der Waals surface area contributed by atoms with E-state index in [0.717, 1.165) is 5.56 Å². The van der Waals surface area contributed by atoms with Crippen molar-refractivity contribution in [2.75, 3.05) is 26.5 Å². The van der Waals surface area contributed by atoms with Crippen LogP contribution in [0.25, 0.3) is 0 Å². The quantitative estimate of drug-likeness (QED) is 0.730. The summed E-state index contributed by atoms with van der Waals surface area (Å²) in [6.07, 6.45) is 0.453. The first-order valence-corrected chi connectivity index (χ1v) is 8.99. The van der Waals surface area contributed by atoms with Gasteiger partial charge < -0.3 is 15.2 Å². The zero-order chi connectivity index (χ0) is 17.7. The summed E-state index contributed by atoms with van der Waals surface area (Å²) in [7, 11) is -0.561. The van der Waals surface area contributed by atoms with Gasteiger partial charge in [0.2, 0.25) is 10.0 Å². The van der Waals surface area contributed by atoms with Crippen molar-refractivity contribution >= 4 is 27.3 Å². The summed E-state index contributed by atoms with van der Waals surface area (Å²) in [5, 5.41) is 0.410. The van der Waals surface area contributed by atoms with Crippen LogP contribution >= 0.6 is 11.6 Å². The number of rotatable bonds is 7. The molecule has 0 radical (unpaired) electrons. The van der Waals surface area contributed by atoms with Crippen LogP contribution in [0, 0.1) is 0 Å². The molecule has 24 heavy (non-hydrogen) atoms. The fraction of sp³-hybridized carbons (Fsp3) is 0.250. The highest BCUT2D eigenvalue weighted by Gasteiger charge is 2.14. The van der Waals surface area contributed by atoms with Gasteiger partial charge in [-0.3, -0.25) is 0 Å². The van der Waals surface area contributed by atoms with E-state index in [4.69, 9.17) is 26.8 Å². The van der Waals surface area contributed by atoms with E-state index < -0.39 is 10.0 Å². The normalized spacial score (nSPS) is 11.3. The highest BCUT2D eigenvalue weighted by molar-refractivity contribution is 7.89. The number of nitrogens with two attached hydrogens (primary N) is 1. The van der Waals surface area contributed by atoms with Gasteiger partial charge in [0, 0.05) is 12.2 Å². The Morgan fingerprint density at radius 3 is 2.38 bits per heavy atom. The SMILES string of the molecule is COc1cc(CCNS(=O)(=O)c2ccc(N)cc2)cc(Cl)c1OC. The number of halogens is 1. The highest BCUT2D eigenvalue weighted by Crippen LogP contribution is 2.36. The van der Waals surface area contributed by atoms with E-state index in [1.54, 1.807) is 24.3 Å². The predicted octanol–water partition coefficient (Wildman–Crippen LogP) is 2.46. The molecule has 3 N–H and O–H groups in total. The second-order valence-electron chi connectivity index (χ2n) is 5.03. The lowest BCUT2D eigenvalue weighted by Gasteiger charge is -2.12. The molecule has 0 bridgehead atoms. The van der Waals surface area contributed by atoms with Crippen molar-refractivity contribution in [3.05, 3.63) is 47.0 Å². The maximum absolute atomic E-state index is 12.2. The molecule has 0 unspecified atom stereocenters. The van der Waals surface area contributed by atoms with Gasteiger partial charge in [0.15, 0.2) is 11.5 Å². The number of methoxy groups -OCH3 is 2. The highest BCUT2D eigenvalue weighted by atomic mass is 35.5. The molecule has 0 aliphatic carbocycles. The minimum atomic E-state index is -3.58. The van der Waals surface area contributed by atoms with Crippen LogP contribution in [0.3, 0.4) is 0 Å². The summed E-state index contributed by atoms with van der Waals surface area (Å²) in [5.74, 6) is 0.951. The smallest absolute Gasteiger partial charge is 0.240 e. The average molecular weight is 371 g/mol. The Bertz CT molecular complexity index is 808. The molecule has 0 aliphatic rings. The fourth-order valence-corrected chi connectivity index (χ4v) is 3.52. The Morgan fingerprint density at radius 2 is 1.79 bits per heavy atom. The van der Waals surface area contributed by atoms with Crippen LogP contribution in [-0.2, 0) is 16.4 Å². The van der Waals surface area contributed by atoms with Crippen LogP contribution in [0.15, 0.2) is 41.3 Å². The zero-order valence-corrected chi connectivity index (χ0v) is 14.9. The van der Waals surface area contributed by atoms with Gasteiger partial charge in [0.1, 0.15) is 0 Å². The van der Waals surface area contributed by atoms with E-state index in [-0.39, 0.29) is 11.4 Å². The Kier molecular flexibility index (Phi) is 5.93. The fourth-order valence-electron chi connectivity index (χ4n) is 2.18. The monoisotopic (exact) mass is 370 g/mol. The Labute approximate surface area is 146 Å². The third kappa shape index (κ3) is 4.31. The minimum absolute atomic E-state index is 0.169. The molecule has 8 heteroatoms. The van der Waals surface area contributed by atoms with Gasteiger partial charge in [-0.1, -0.05) is 11.6 Å². The molecule has 0 spiro atoms. The first kappa shape index (κ1) is 18.4. The molecule has 6 nitrogen and oxygen atoms in total. The first-order chi connectivity index (χ1) is 11.4. The average Bonchev–Trinajstić information content (AvgIpc) is 2.54. The molecule has 0 saturated heterocycles. The number of hydrogen-bond donors (Lipinski definition) is 2. The molecule has 0 aliphatic heterocycles. The van der Waals surface area contributed by atoms with E-state index in [1.807, 2.05) is 0 Å². The zero-order valence-electron chi connectivity index (χ0n) is 13.4. The van der Waals surface area contributed by atoms with Gasteiger partial charge in [-0.05, 0) is 48.4 Å². The van der Waals surface area contributed by atoms with Gasteiger partial charge in [0.25, 0.3) is 0 Å². The van der Waals surface area contributed by atoms with Crippen LogP contribution in [0.2, 0.25) is 5.02 Å². The molecule has 130 valence electrons. The number of anilines is 1. The number of hydrogen-bond acceptors (Lipinski definition) is 5. The summed E-state index contributed by atoms with van der Waals surface area (Å²) in [4.78, 5) is 0.169. The van der Waals surface area contributed by atoms with Crippen molar-refractivity contribution in [2.24, 2.45) is 0 Å². The van der Waals surface area contributed by atoms with Crippen LogP contribution in [-0.4, -0.2) is 29.2 Å². The summed E-state index contributed by atoms with van der Waals surface area (Å²) in [6, 6.07) is 9.50. The van der Waals surface area contributed by atoms with Gasteiger partial charge in [-0.25, -0.2) is 13.1 Å².